The average Bonchev–Trinajstić information content (AvgIpc) is 2.74. The molecule has 0 saturated carbocycles. The lowest BCUT2D eigenvalue weighted by atomic mass is 9.87. The molecule has 2 aliphatic rings. The topological polar surface area (TPSA) is 38.8 Å². The summed E-state index contributed by atoms with van der Waals surface area (Å²) in [6.07, 6.45) is 2.83. The molecule has 0 spiro atoms. The Kier molecular flexibility index (Phi) is 6.00. The minimum Gasteiger partial charge on any atom is -0.369 e. The molecule has 0 radical (unpaired) electrons. The number of rotatable bonds is 4. The first kappa shape index (κ1) is 20.7. The van der Waals surface area contributed by atoms with Gasteiger partial charge >= 0.3 is 6.03 Å². The zero-order valence-electron chi connectivity index (χ0n) is 18.5. The van der Waals surface area contributed by atoms with Crippen LogP contribution in [0.3, 0.4) is 0 Å². The average molecular weight is 407 g/mol. The molecule has 0 atom stereocenters. The third-order valence-electron chi connectivity index (χ3n) is 6.52. The number of anilines is 2. The number of likely N-dealkylation sites (N-methyl/N-ethyl adjacent to an activating group) is 1. The SMILES string of the molecule is CN1CCN(c2ccc3c(c2)CCC(C)(C)N3C(=O)NCCc2ccccc2)CC1. The molecular formula is C25H34N4O. The van der Waals surface area contributed by atoms with E-state index in [-0.39, 0.29) is 11.6 Å². The maximum absolute atomic E-state index is 13.2. The highest BCUT2D eigenvalue weighted by Crippen LogP contribution is 2.38. The molecule has 0 aliphatic carbocycles. The molecule has 1 saturated heterocycles. The number of nitrogens with one attached hydrogen (secondary N) is 1. The zero-order valence-corrected chi connectivity index (χ0v) is 18.5. The van der Waals surface area contributed by atoms with Crippen LogP contribution in [0.15, 0.2) is 48.5 Å². The van der Waals surface area contributed by atoms with E-state index in [4.69, 9.17) is 0 Å². The third-order valence-corrected chi connectivity index (χ3v) is 6.52. The number of urea groups is 1. The van der Waals surface area contributed by atoms with Crippen LogP contribution in [-0.4, -0.2) is 56.2 Å². The predicted molar refractivity (Wildman–Crippen MR) is 125 cm³/mol. The number of hydrogen-bond acceptors (Lipinski definition) is 3. The van der Waals surface area contributed by atoms with Gasteiger partial charge in [0, 0.05) is 49.6 Å². The first-order valence-electron chi connectivity index (χ1n) is 11.1. The second-order valence-electron chi connectivity index (χ2n) is 9.22. The lowest BCUT2D eigenvalue weighted by Crippen LogP contribution is -2.55. The molecule has 2 amide bonds. The Labute approximate surface area is 180 Å². The Morgan fingerprint density at radius 1 is 1.03 bits per heavy atom. The van der Waals surface area contributed by atoms with E-state index in [9.17, 15) is 4.79 Å². The predicted octanol–water partition coefficient (Wildman–Crippen LogP) is 3.92. The van der Waals surface area contributed by atoms with Crippen LogP contribution in [0.2, 0.25) is 0 Å². The number of benzene rings is 2. The molecule has 2 heterocycles. The fraction of sp³-hybridized carbons (Fsp3) is 0.480. The normalized spacial score (nSPS) is 18.8. The van der Waals surface area contributed by atoms with E-state index in [1.54, 1.807) is 0 Å². The number of carbonyl (C=O) groups is 1. The van der Waals surface area contributed by atoms with Crippen LogP contribution in [0, 0.1) is 0 Å². The van der Waals surface area contributed by atoms with Gasteiger partial charge < -0.3 is 15.1 Å². The fourth-order valence-corrected chi connectivity index (χ4v) is 4.55. The third kappa shape index (κ3) is 4.46. The second-order valence-corrected chi connectivity index (χ2v) is 9.22. The summed E-state index contributed by atoms with van der Waals surface area (Å²) < 4.78 is 0. The summed E-state index contributed by atoms with van der Waals surface area (Å²) in [4.78, 5) is 20.0. The lowest BCUT2D eigenvalue weighted by Gasteiger charge is -2.44. The summed E-state index contributed by atoms with van der Waals surface area (Å²) in [6.45, 7) is 9.29. The van der Waals surface area contributed by atoms with Gasteiger partial charge in [0.05, 0.1) is 0 Å². The molecule has 5 nitrogen and oxygen atoms in total. The van der Waals surface area contributed by atoms with Crippen LogP contribution in [0.25, 0.3) is 0 Å². The molecule has 2 aromatic carbocycles. The number of aryl methyl sites for hydroxylation is 1. The molecule has 2 aromatic rings. The minimum absolute atomic E-state index is 0.00392. The number of fused-ring (bicyclic) bond motifs is 1. The van der Waals surface area contributed by atoms with E-state index in [1.807, 2.05) is 23.1 Å². The van der Waals surface area contributed by atoms with Crippen molar-refractivity contribution in [2.75, 3.05) is 49.6 Å². The van der Waals surface area contributed by atoms with E-state index >= 15 is 0 Å². The van der Waals surface area contributed by atoms with Crippen LogP contribution in [0.4, 0.5) is 16.2 Å². The maximum Gasteiger partial charge on any atom is 0.322 e. The van der Waals surface area contributed by atoms with Crippen molar-refractivity contribution in [3.05, 3.63) is 59.7 Å². The van der Waals surface area contributed by atoms with Crippen LogP contribution in [0.5, 0.6) is 0 Å². The summed E-state index contributed by atoms with van der Waals surface area (Å²) in [6, 6.07) is 17.0. The first-order chi connectivity index (χ1) is 14.4. The van der Waals surface area contributed by atoms with Gasteiger partial charge in [0.25, 0.3) is 0 Å². The smallest absolute Gasteiger partial charge is 0.322 e. The Morgan fingerprint density at radius 2 is 1.77 bits per heavy atom. The largest absolute Gasteiger partial charge is 0.369 e. The van der Waals surface area contributed by atoms with Gasteiger partial charge in [-0.25, -0.2) is 4.79 Å². The monoisotopic (exact) mass is 406 g/mol. The van der Waals surface area contributed by atoms with Gasteiger partial charge in [0.2, 0.25) is 0 Å². The summed E-state index contributed by atoms with van der Waals surface area (Å²) in [5, 5.41) is 3.15. The van der Waals surface area contributed by atoms with Crippen molar-refractivity contribution >= 4 is 17.4 Å². The van der Waals surface area contributed by atoms with Crippen molar-refractivity contribution in [3.8, 4) is 0 Å². The van der Waals surface area contributed by atoms with Crippen LogP contribution in [0.1, 0.15) is 31.4 Å². The van der Waals surface area contributed by atoms with Gasteiger partial charge in [-0.1, -0.05) is 30.3 Å². The molecule has 1 fully saturated rings. The lowest BCUT2D eigenvalue weighted by molar-refractivity contribution is 0.237. The molecular weight excluding hydrogens is 372 g/mol. The summed E-state index contributed by atoms with van der Waals surface area (Å²) in [5.41, 5.74) is 4.67. The summed E-state index contributed by atoms with van der Waals surface area (Å²) in [5.74, 6) is 0. The van der Waals surface area contributed by atoms with Crippen LogP contribution in [-0.2, 0) is 12.8 Å². The van der Waals surface area contributed by atoms with E-state index in [2.05, 4.69) is 66.3 Å². The number of carbonyl (C=O) groups excluding carboxylic acids is 1. The molecule has 2 aliphatic heterocycles. The second kappa shape index (κ2) is 8.68. The molecule has 1 N–H and O–H groups in total. The van der Waals surface area contributed by atoms with Crippen molar-refractivity contribution in [1.82, 2.24) is 10.2 Å². The highest BCUT2D eigenvalue weighted by atomic mass is 16.2. The van der Waals surface area contributed by atoms with Gasteiger partial charge in [0.15, 0.2) is 0 Å². The zero-order chi connectivity index (χ0) is 21.1. The van der Waals surface area contributed by atoms with Gasteiger partial charge in [-0.3, -0.25) is 4.90 Å². The number of piperazine rings is 1. The molecule has 30 heavy (non-hydrogen) atoms. The highest BCUT2D eigenvalue weighted by Gasteiger charge is 2.37. The molecule has 0 aromatic heterocycles. The van der Waals surface area contributed by atoms with Gasteiger partial charge in [0.1, 0.15) is 0 Å². The quantitative estimate of drug-likeness (QED) is 0.836. The van der Waals surface area contributed by atoms with E-state index in [0.29, 0.717) is 6.54 Å². The Balaban J connectivity index is 1.48. The summed E-state index contributed by atoms with van der Waals surface area (Å²) >= 11 is 0. The number of amides is 2. The fourth-order valence-electron chi connectivity index (χ4n) is 4.55. The number of hydrogen-bond donors (Lipinski definition) is 1. The Bertz CT molecular complexity index is 872. The first-order valence-corrected chi connectivity index (χ1v) is 11.1. The van der Waals surface area contributed by atoms with E-state index < -0.39 is 0 Å². The van der Waals surface area contributed by atoms with E-state index in [0.717, 1.165) is 51.1 Å². The van der Waals surface area contributed by atoms with Crippen molar-refractivity contribution in [1.29, 1.82) is 0 Å². The molecule has 0 bridgehead atoms. The minimum atomic E-state index is -0.195. The summed E-state index contributed by atoms with van der Waals surface area (Å²) in [7, 11) is 2.18. The molecule has 0 unspecified atom stereocenters. The van der Waals surface area contributed by atoms with E-state index in [1.165, 1.54) is 16.8 Å². The van der Waals surface area contributed by atoms with Crippen molar-refractivity contribution in [3.63, 3.8) is 0 Å². The van der Waals surface area contributed by atoms with Crippen molar-refractivity contribution in [2.24, 2.45) is 0 Å². The van der Waals surface area contributed by atoms with Gasteiger partial charge in [-0.05, 0) is 69.5 Å². The highest BCUT2D eigenvalue weighted by molar-refractivity contribution is 5.95. The van der Waals surface area contributed by atoms with Crippen molar-refractivity contribution in [2.45, 2.75) is 38.6 Å². The van der Waals surface area contributed by atoms with Gasteiger partial charge in [-0.15, -0.1) is 0 Å². The molecule has 4 rings (SSSR count). The molecule has 160 valence electrons. The van der Waals surface area contributed by atoms with Gasteiger partial charge in [-0.2, -0.15) is 0 Å². The Morgan fingerprint density at radius 3 is 2.50 bits per heavy atom. The van der Waals surface area contributed by atoms with Crippen LogP contribution >= 0.6 is 0 Å². The van der Waals surface area contributed by atoms with Crippen molar-refractivity contribution < 1.29 is 4.79 Å². The van der Waals surface area contributed by atoms with Crippen LogP contribution < -0.4 is 15.1 Å². The standard InChI is InChI=1S/C25H34N4O/c1-25(2)13-11-21-19-22(28-17-15-27(3)16-18-28)9-10-23(21)29(25)24(30)26-14-12-20-7-5-4-6-8-20/h4-10,19H,11-18H2,1-3H3,(H,26,30). The maximum atomic E-state index is 13.2. The number of nitrogens with zero attached hydrogens (tertiary/aromatic N) is 3. The molecule has 5 heteroatoms. The Hall–Kier alpha value is -2.53.